The highest BCUT2D eigenvalue weighted by atomic mass is 19.1. The first kappa shape index (κ1) is 17.5. The van der Waals surface area contributed by atoms with Crippen LogP contribution in [0.15, 0.2) is 30.6 Å². The smallest absolute Gasteiger partial charge is 0.256 e. The Kier molecular flexibility index (Phi) is 3.91. The van der Waals surface area contributed by atoms with E-state index in [0.29, 0.717) is 35.7 Å². The number of ether oxygens (including phenoxy) is 1. The molecule has 7 heteroatoms. The molecule has 146 valence electrons. The second kappa shape index (κ2) is 6.48. The van der Waals surface area contributed by atoms with Gasteiger partial charge in [0.2, 0.25) is 5.88 Å². The number of anilines is 2. The number of fused-ring (bicyclic) bond motifs is 2. The summed E-state index contributed by atoms with van der Waals surface area (Å²) in [5, 5.41) is 5.94. The van der Waals surface area contributed by atoms with Crippen molar-refractivity contribution in [2.45, 2.75) is 13.8 Å². The molecule has 29 heavy (non-hydrogen) atoms. The maximum absolute atomic E-state index is 14.9. The number of pyridine rings is 1. The highest BCUT2D eigenvalue weighted by Gasteiger charge is 2.29. The zero-order chi connectivity index (χ0) is 20.1. The third kappa shape index (κ3) is 2.86. The molecule has 1 aromatic carbocycles. The number of amides is 1. The Morgan fingerprint density at radius 2 is 2.03 bits per heavy atom. The van der Waals surface area contributed by atoms with Gasteiger partial charge in [0.1, 0.15) is 18.1 Å². The van der Waals surface area contributed by atoms with E-state index in [1.54, 1.807) is 12.3 Å². The highest BCUT2D eigenvalue weighted by molar-refractivity contribution is 6.35. The molecule has 0 spiro atoms. The number of hydrogen-bond acceptors (Lipinski definition) is 4. The Balaban J connectivity index is 1.65. The summed E-state index contributed by atoms with van der Waals surface area (Å²) in [5.41, 5.74) is 6.22. The zero-order valence-corrected chi connectivity index (χ0v) is 16.0. The second-order valence-electron chi connectivity index (χ2n) is 7.28. The number of hydrogen-bond donors (Lipinski definition) is 3. The van der Waals surface area contributed by atoms with Crippen LogP contribution in [0.4, 0.5) is 15.8 Å². The van der Waals surface area contributed by atoms with E-state index in [4.69, 9.17) is 4.74 Å². The number of carbonyl (C=O) groups excluding carboxylic acids is 1. The van der Waals surface area contributed by atoms with Gasteiger partial charge >= 0.3 is 0 Å². The van der Waals surface area contributed by atoms with E-state index in [9.17, 15) is 9.18 Å². The fourth-order valence-corrected chi connectivity index (χ4v) is 3.82. The fourth-order valence-electron chi connectivity index (χ4n) is 3.82. The molecule has 0 saturated carbocycles. The van der Waals surface area contributed by atoms with Crippen molar-refractivity contribution in [2.24, 2.45) is 0 Å². The molecule has 5 rings (SSSR count). The third-order valence-corrected chi connectivity index (χ3v) is 5.27. The molecule has 0 bridgehead atoms. The summed E-state index contributed by atoms with van der Waals surface area (Å²) in [5.74, 6) is -0.240. The van der Waals surface area contributed by atoms with E-state index in [1.165, 1.54) is 6.07 Å². The van der Waals surface area contributed by atoms with E-state index in [-0.39, 0.29) is 11.6 Å². The number of nitrogens with one attached hydrogen (secondary N) is 3. The molecule has 3 aromatic rings. The number of rotatable bonds is 2. The van der Waals surface area contributed by atoms with Gasteiger partial charge in [-0.15, -0.1) is 0 Å². The van der Waals surface area contributed by atoms with Crippen LogP contribution >= 0.6 is 0 Å². The van der Waals surface area contributed by atoms with Gasteiger partial charge in [0, 0.05) is 35.8 Å². The van der Waals surface area contributed by atoms with Gasteiger partial charge in [0.25, 0.3) is 5.91 Å². The summed E-state index contributed by atoms with van der Waals surface area (Å²) in [6.07, 6.45) is 5.28. The Morgan fingerprint density at radius 3 is 2.83 bits per heavy atom. The maximum Gasteiger partial charge on any atom is 0.256 e. The van der Waals surface area contributed by atoms with Gasteiger partial charge in [0.15, 0.2) is 0 Å². The maximum atomic E-state index is 14.9. The molecule has 0 radical (unpaired) electrons. The largest absolute Gasteiger partial charge is 0.474 e. The van der Waals surface area contributed by atoms with Crippen LogP contribution in [-0.4, -0.2) is 29.0 Å². The number of aryl methyl sites for hydroxylation is 1. The topological polar surface area (TPSA) is 79.0 Å². The molecule has 0 saturated heterocycles. The van der Waals surface area contributed by atoms with Crippen LogP contribution in [0.2, 0.25) is 0 Å². The first-order valence-electron chi connectivity index (χ1n) is 9.40. The Morgan fingerprint density at radius 1 is 1.17 bits per heavy atom. The van der Waals surface area contributed by atoms with Crippen molar-refractivity contribution in [3.05, 3.63) is 58.8 Å². The van der Waals surface area contributed by atoms with Gasteiger partial charge in [-0.3, -0.25) is 4.79 Å². The summed E-state index contributed by atoms with van der Waals surface area (Å²) in [7, 11) is 0. The monoisotopic (exact) mass is 390 g/mol. The molecule has 0 unspecified atom stereocenters. The number of carbonyl (C=O) groups is 1. The second-order valence-corrected chi connectivity index (χ2v) is 7.28. The van der Waals surface area contributed by atoms with Crippen molar-refractivity contribution in [3.8, 4) is 17.0 Å². The summed E-state index contributed by atoms with van der Waals surface area (Å²) in [4.78, 5) is 20.0. The minimum Gasteiger partial charge on any atom is -0.474 e. The van der Waals surface area contributed by atoms with Gasteiger partial charge in [0.05, 0.1) is 11.3 Å². The molecule has 2 aliphatic rings. The minimum absolute atomic E-state index is 0.207. The fraction of sp³-hybridized carbons (Fsp3) is 0.182. The number of nitrogens with zero attached hydrogens (tertiary/aromatic N) is 1. The molecular weight excluding hydrogens is 371 g/mol. The van der Waals surface area contributed by atoms with E-state index in [0.717, 1.165) is 28.1 Å². The van der Waals surface area contributed by atoms with Crippen molar-refractivity contribution in [1.82, 2.24) is 9.97 Å². The average Bonchev–Trinajstić information content (AvgIpc) is 3.26. The lowest BCUT2D eigenvalue weighted by atomic mass is 9.96. The van der Waals surface area contributed by atoms with Crippen LogP contribution < -0.4 is 15.4 Å². The van der Waals surface area contributed by atoms with Crippen LogP contribution in [0.3, 0.4) is 0 Å². The highest BCUT2D eigenvalue weighted by Crippen LogP contribution is 2.41. The van der Waals surface area contributed by atoms with Gasteiger partial charge in [-0.2, -0.15) is 0 Å². The first-order chi connectivity index (χ1) is 14.0. The van der Waals surface area contributed by atoms with Crippen LogP contribution in [0.1, 0.15) is 22.4 Å². The zero-order valence-electron chi connectivity index (χ0n) is 16.0. The van der Waals surface area contributed by atoms with Gasteiger partial charge in [-0.25, -0.2) is 9.37 Å². The molecule has 0 atom stereocenters. The van der Waals surface area contributed by atoms with E-state index in [1.807, 2.05) is 32.2 Å². The van der Waals surface area contributed by atoms with Crippen LogP contribution in [0.5, 0.6) is 5.88 Å². The van der Waals surface area contributed by atoms with Crippen molar-refractivity contribution in [3.63, 3.8) is 0 Å². The lowest BCUT2D eigenvalue weighted by Crippen LogP contribution is -2.20. The van der Waals surface area contributed by atoms with Crippen molar-refractivity contribution >= 4 is 28.9 Å². The normalized spacial score (nSPS) is 16.1. The number of halogens is 1. The van der Waals surface area contributed by atoms with E-state index >= 15 is 0 Å². The quantitative estimate of drug-likeness (QED) is 0.575. The number of H-pyrrole nitrogens is 1. The molecule has 2 aliphatic heterocycles. The molecule has 1 amide bonds. The predicted octanol–water partition coefficient (Wildman–Crippen LogP) is 4.13. The Bertz CT molecular complexity index is 1200. The first-order valence-corrected chi connectivity index (χ1v) is 9.40. The van der Waals surface area contributed by atoms with Crippen LogP contribution in [-0.2, 0) is 4.79 Å². The predicted molar refractivity (Wildman–Crippen MR) is 110 cm³/mol. The Hall–Kier alpha value is -3.61. The number of benzene rings is 1. The number of aromatic nitrogens is 2. The van der Waals surface area contributed by atoms with Crippen molar-refractivity contribution < 1.29 is 13.9 Å². The standard InChI is InChI=1S/C22H19FN4O2/c1-11-5-14(25-9-11)8-16-15-6-13(7-18(23)20(15)27-21(16)28)17-10-26-22-19(12(17)2)24-3-4-29-22/h5-10,24-25H,3-4H2,1-2H3,(H,27,28). The van der Waals surface area contributed by atoms with Gasteiger partial charge in [-0.1, -0.05) is 0 Å². The summed E-state index contributed by atoms with van der Waals surface area (Å²) in [6.45, 7) is 5.16. The minimum atomic E-state index is -0.474. The van der Waals surface area contributed by atoms with E-state index in [2.05, 4.69) is 20.6 Å². The van der Waals surface area contributed by atoms with Crippen LogP contribution in [0.25, 0.3) is 22.8 Å². The molecule has 0 fully saturated rings. The lowest BCUT2D eigenvalue weighted by Gasteiger charge is -2.21. The van der Waals surface area contributed by atoms with Gasteiger partial charge in [-0.05, 0) is 54.8 Å². The molecular formula is C22H19FN4O2. The molecule has 2 aromatic heterocycles. The molecule has 3 N–H and O–H groups in total. The van der Waals surface area contributed by atoms with Crippen molar-refractivity contribution in [1.29, 1.82) is 0 Å². The van der Waals surface area contributed by atoms with Crippen LogP contribution in [0, 0.1) is 19.7 Å². The Labute approximate surface area is 166 Å². The van der Waals surface area contributed by atoms with Crippen molar-refractivity contribution in [2.75, 3.05) is 23.8 Å². The molecule has 4 heterocycles. The molecule has 6 nitrogen and oxygen atoms in total. The SMILES string of the molecule is Cc1c[nH]c(C=C2C(=O)Nc3c(F)cc(-c4cnc5c(c4C)NCCO5)cc32)c1. The van der Waals surface area contributed by atoms with E-state index < -0.39 is 5.82 Å². The summed E-state index contributed by atoms with van der Waals surface area (Å²) < 4.78 is 20.5. The van der Waals surface area contributed by atoms with Gasteiger partial charge < -0.3 is 20.4 Å². The summed E-state index contributed by atoms with van der Waals surface area (Å²) >= 11 is 0. The summed E-state index contributed by atoms with van der Waals surface area (Å²) in [6, 6.07) is 5.20. The number of aromatic amines is 1. The molecule has 0 aliphatic carbocycles. The third-order valence-electron chi connectivity index (χ3n) is 5.27. The average molecular weight is 390 g/mol. The lowest BCUT2D eigenvalue weighted by molar-refractivity contribution is -0.110.